The van der Waals surface area contributed by atoms with Gasteiger partial charge in [-0.25, -0.2) is 14.4 Å². The van der Waals surface area contributed by atoms with Crippen LogP contribution < -0.4 is 5.43 Å². The molecule has 1 N–H and O–H groups in total. The van der Waals surface area contributed by atoms with E-state index in [1.165, 1.54) is 23.9 Å². The number of esters is 2. The number of amides is 4. The van der Waals surface area contributed by atoms with Crippen LogP contribution in [-0.4, -0.2) is 68.5 Å². The first-order valence-corrected chi connectivity index (χ1v) is 20.9. The van der Waals surface area contributed by atoms with Gasteiger partial charge in [-0.05, 0) is 47.2 Å². The molecule has 0 aliphatic carbocycles. The summed E-state index contributed by atoms with van der Waals surface area (Å²) in [5, 5.41) is -0.608. The summed E-state index contributed by atoms with van der Waals surface area (Å²) < 4.78 is 11.4. The van der Waals surface area contributed by atoms with Crippen LogP contribution in [0.2, 0.25) is 0 Å². The number of hydrogen-bond acceptors (Lipinski definition) is 10. The Morgan fingerprint density at radius 1 is 0.689 bits per heavy atom. The highest BCUT2D eigenvalue weighted by Gasteiger charge is 2.66. The molecule has 0 radical (unpaired) electrons. The maximum Gasteiger partial charge on any atom is 0.397 e. The average molecular weight is 835 g/mol. The summed E-state index contributed by atoms with van der Waals surface area (Å²) >= 11 is 1.27. The van der Waals surface area contributed by atoms with E-state index in [1.807, 2.05) is 48.5 Å². The van der Waals surface area contributed by atoms with Gasteiger partial charge in [-0.15, -0.1) is 4.59 Å². The van der Waals surface area contributed by atoms with Gasteiger partial charge >= 0.3 is 17.8 Å². The first kappa shape index (κ1) is 40.8. The molecule has 61 heavy (non-hydrogen) atoms. The Hall–Kier alpha value is -6.96. The number of aldehydes is 1. The van der Waals surface area contributed by atoms with Gasteiger partial charge in [-0.2, -0.15) is 5.43 Å². The number of quaternary nitrogens is 1. The molecule has 3 aliphatic rings. The zero-order valence-corrected chi connectivity index (χ0v) is 33.6. The lowest BCUT2D eigenvalue weighted by molar-refractivity contribution is -0.886. The minimum Gasteiger partial charge on any atom is -0.451 e. The predicted molar refractivity (Wildman–Crippen MR) is 224 cm³/mol. The van der Waals surface area contributed by atoms with Crippen LogP contribution in [0.5, 0.6) is 0 Å². The topological polar surface area (TPSA) is 153 Å². The lowest BCUT2D eigenvalue weighted by Gasteiger charge is -2.49. The van der Waals surface area contributed by atoms with Gasteiger partial charge in [0.2, 0.25) is 0 Å². The van der Waals surface area contributed by atoms with Crippen molar-refractivity contribution in [3.63, 3.8) is 0 Å². The molecule has 306 valence electrons. The van der Waals surface area contributed by atoms with E-state index in [9.17, 15) is 33.6 Å². The lowest BCUT2D eigenvalue weighted by atomic mass is 10.0. The van der Waals surface area contributed by atoms with E-state index in [4.69, 9.17) is 9.47 Å². The Morgan fingerprint density at radius 3 is 1.61 bits per heavy atom. The summed E-state index contributed by atoms with van der Waals surface area (Å²) in [5.41, 5.74) is 5.45. The van der Waals surface area contributed by atoms with Gasteiger partial charge in [-0.1, -0.05) is 145 Å². The van der Waals surface area contributed by atoms with Crippen LogP contribution in [0.25, 0.3) is 0 Å². The highest BCUT2D eigenvalue weighted by atomic mass is 32.2. The fraction of sp³-hybridized carbons (Fsp3) is 0.188. The van der Waals surface area contributed by atoms with Crippen LogP contribution in [0.15, 0.2) is 157 Å². The van der Waals surface area contributed by atoms with Crippen LogP contribution in [0.3, 0.4) is 0 Å². The Labute approximate surface area is 355 Å². The third-order valence-electron chi connectivity index (χ3n) is 11.1. The third-order valence-corrected chi connectivity index (χ3v) is 12.4. The normalized spacial score (nSPS) is 18.6. The van der Waals surface area contributed by atoms with Gasteiger partial charge in [0.05, 0.1) is 16.7 Å². The van der Waals surface area contributed by atoms with Gasteiger partial charge in [0, 0.05) is 12.2 Å². The molecule has 0 bridgehead atoms. The Bertz CT molecular complexity index is 2420. The summed E-state index contributed by atoms with van der Waals surface area (Å²) in [6.07, 6.45) is -1.72. The monoisotopic (exact) mass is 834 g/mol. The number of imide groups is 1. The molecule has 0 saturated carbocycles. The van der Waals surface area contributed by atoms with E-state index >= 15 is 0 Å². The van der Waals surface area contributed by atoms with Crippen LogP contribution >= 0.6 is 11.8 Å². The molecule has 5 aromatic carbocycles. The number of benzene rings is 5. The van der Waals surface area contributed by atoms with Crippen molar-refractivity contribution in [3.8, 4) is 0 Å². The molecular formula is C48H40N3O9S+. The van der Waals surface area contributed by atoms with E-state index in [1.54, 1.807) is 84.9 Å². The van der Waals surface area contributed by atoms with Crippen molar-refractivity contribution in [1.29, 1.82) is 0 Å². The molecule has 3 atom stereocenters. The minimum absolute atomic E-state index is 0.0132. The fourth-order valence-corrected chi connectivity index (χ4v) is 9.37. The molecule has 1 fully saturated rings. The smallest absolute Gasteiger partial charge is 0.397 e. The van der Waals surface area contributed by atoms with Crippen molar-refractivity contribution in [2.45, 2.75) is 49.3 Å². The minimum atomic E-state index is -1.42. The number of carbonyl (C=O) groups excluding carboxylic acids is 7. The summed E-state index contributed by atoms with van der Waals surface area (Å²) in [6, 6.07) is 41.0. The largest absolute Gasteiger partial charge is 0.451 e. The van der Waals surface area contributed by atoms with Crippen LogP contribution in [0.4, 0.5) is 0 Å². The van der Waals surface area contributed by atoms with Gasteiger partial charge in [-0.3, -0.25) is 24.1 Å². The molecule has 3 aliphatic heterocycles. The van der Waals surface area contributed by atoms with E-state index in [2.05, 4.69) is 5.43 Å². The molecule has 2 unspecified atom stereocenters. The van der Waals surface area contributed by atoms with Crippen molar-refractivity contribution < 1.29 is 47.6 Å². The van der Waals surface area contributed by atoms with Crippen molar-refractivity contribution in [1.82, 2.24) is 10.3 Å². The SMILES string of the molecule is O=CC1=C(C(=O)OC(c2ccccc2)c2ccccc2)[N+]2(NC(=O)CCCC(C(=O)OC(c3ccccc3)c3ccccc3)N3C(=O)c4ccccc4C3=O)C(=O)C[C@@H]2SC1. The second-order valence-corrected chi connectivity index (χ2v) is 16.0. The number of ether oxygens (including phenoxy) is 2. The third kappa shape index (κ3) is 7.93. The summed E-state index contributed by atoms with van der Waals surface area (Å²) in [6.45, 7) is 0. The van der Waals surface area contributed by atoms with Gasteiger partial charge in [0.15, 0.2) is 23.9 Å². The highest BCUT2D eigenvalue weighted by molar-refractivity contribution is 8.00. The standard InChI is InChI=1S/C48H39N3O9S/c52-29-35-30-61-41-28-40(54)51(41,42(35)48(58)60-44(33-20-9-3-10-21-33)34-22-11-4-12-23-34)49-39(53)27-15-26-38(50-45(55)36-24-13-14-25-37(36)46(50)56)47(57)59-43(31-16-5-1-6-17-31)32-18-7-2-8-19-32/h1-14,16-25,29,38,41,43-44H,15,26-28,30H2/p+1/t38?,41-,51?/m0/s1. The van der Waals surface area contributed by atoms with Crippen LogP contribution in [-0.2, 0) is 33.4 Å². The molecular weight excluding hydrogens is 795 g/mol. The molecule has 0 spiro atoms. The summed E-state index contributed by atoms with van der Waals surface area (Å²) in [5.74, 6) is -4.17. The van der Waals surface area contributed by atoms with E-state index < -0.39 is 63.8 Å². The summed E-state index contributed by atoms with van der Waals surface area (Å²) in [7, 11) is 0. The first-order chi connectivity index (χ1) is 29.7. The molecule has 0 aromatic heterocycles. The summed E-state index contributed by atoms with van der Waals surface area (Å²) in [4.78, 5) is 97.3. The first-order valence-electron chi connectivity index (χ1n) is 19.8. The molecule has 13 heteroatoms. The number of β-lactam (4-membered cyclic amide) rings is 1. The number of rotatable bonds is 15. The number of carbonyl (C=O) groups is 7. The van der Waals surface area contributed by atoms with Crippen molar-refractivity contribution in [3.05, 3.63) is 190 Å². The number of hydrogen-bond donors (Lipinski definition) is 1. The van der Waals surface area contributed by atoms with Crippen molar-refractivity contribution in [2.24, 2.45) is 0 Å². The quantitative estimate of drug-likeness (QED) is 0.0392. The fourth-order valence-electron chi connectivity index (χ4n) is 8.03. The Balaban J connectivity index is 1.04. The second kappa shape index (κ2) is 17.7. The lowest BCUT2D eigenvalue weighted by Crippen LogP contribution is -2.76. The van der Waals surface area contributed by atoms with E-state index in [-0.39, 0.29) is 53.8 Å². The second-order valence-electron chi connectivity index (χ2n) is 14.8. The van der Waals surface area contributed by atoms with Gasteiger partial charge in [0.1, 0.15) is 12.5 Å². The van der Waals surface area contributed by atoms with Gasteiger partial charge < -0.3 is 9.47 Å². The zero-order valence-electron chi connectivity index (χ0n) is 32.8. The molecule has 4 amide bonds. The predicted octanol–water partition coefficient (Wildman–Crippen LogP) is 6.79. The number of nitrogens with one attached hydrogen (secondary N) is 1. The molecule has 5 aromatic rings. The zero-order chi connectivity index (χ0) is 42.5. The average Bonchev–Trinajstić information content (AvgIpc) is 3.55. The maximum absolute atomic E-state index is 14.3. The highest BCUT2D eigenvalue weighted by Crippen LogP contribution is 2.47. The van der Waals surface area contributed by atoms with Crippen molar-refractivity contribution in [2.75, 3.05) is 5.75 Å². The molecule has 8 rings (SSSR count). The van der Waals surface area contributed by atoms with Crippen LogP contribution in [0.1, 0.15) is 80.9 Å². The van der Waals surface area contributed by atoms with E-state index in [0.29, 0.717) is 28.5 Å². The maximum atomic E-state index is 14.3. The number of nitrogens with zero attached hydrogens (tertiary/aromatic N) is 2. The van der Waals surface area contributed by atoms with E-state index in [0.717, 1.165) is 4.90 Å². The van der Waals surface area contributed by atoms with Crippen LogP contribution in [0, 0.1) is 0 Å². The number of thioether (sulfide) groups is 1. The Morgan fingerprint density at radius 2 is 1.15 bits per heavy atom. The van der Waals surface area contributed by atoms with Crippen molar-refractivity contribution >= 4 is 53.6 Å². The Kier molecular flexibility index (Phi) is 11.9. The number of fused-ring (bicyclic) bond motifs is 2. The van der Waals surface area contributed by atoms with Gasteiger partial charge in [0.25, 0.3) is 23.4 Å². The molecule has 3 heterocycles. The molecule has 1 saturated heterocycles. The molecule has 12 nitrogen and oxygen atoms in total.